The summed E-state index contributed by atoms with van der Waals surface area (Å²) in [6, 6.07) is 4.07. The van der Waals surface area contributed by atoms with Gasteiger partial charge in [0.1, 0.15) is 5.01 Å². The van der Waals surface area contributed by atoms with Crippen molar-refractivity contribution in [3.63, 3.8) is 0 Å². The van der Waals surface area contributed by atoms with Crippen LogP contribution in [0, 0.1) is 6.92 Å². The molecule has 0 bridgehead atoms. The lowest BCUT2D eigenvalue weighted by Crippen LogP contribution is -1.99. The summed E-state index contributed by atoms with van der Waals surface area (Å²) in [5.74, 6) is 0. The first-order valence-corrected chi connectivity index (χ1v) is 8.32. The highest BCUT2D eigenvalue weighted by Gasteiger charge is 2.12. The van der Waals surface area contributed by atoms with Crippen LogP contribution in [0.3, 0.4) is 0 Å². The lowest BCUT2D eigenvalue weighted by atomic mass is 10.3. The number of nitrogens with zero attached hydrogens (tertiary/aromatic N) is 5. The van der Waals surface area contributed by atoms with Crippen LogP contribution in [0.15, 0.2) is 46.5 Å². The summed E-state index contributed by atoms with van der Waals surface area (Å²) in [6.45, 7) is 3.81. The molecule has 0 unspecified atom stereocenters. The summed E-state index contributed by atoms with van der Waals surface area (Å²) >= 11 is 4.82. The van der Waals surface area contributed by atoms with Crippen molar-refractivity contribution in [2.24, 2.45) is 5.16 Å². The van der Waals surface area contributed by atoms with Gasteiger partial charge in [-0.3, -0.25) is 4.98 Å². The van der Waals surface area contributed by atoms with Gasteiger partial charge in [0.25, 0.3) is 0 Å². The average Bonchev–Trinajstić information content (AvgIpc) is 2.97. The van der Waals surface area contributed by atoms with Crippen molar-refractivity contribution in [3.8, 4) is 16.6 Å². The molecule has 0 spiro atoms. The molecule has 116 valence electrons. The van der Waals surface area contributed by atoms with Gasteiger partial charge < -0.3 is 4.84 Å². The number of aryl methyl sites for hydroxylation is 1. The van der Waals surface area contributed by atoms with E-state index in [1.165, 1.54) is 0 Å². The maximum atomic E-state index is 5.26. The number of pyridine rings is 1. The van der Waals surface area contributed by atoms with Gasteiger partial charge in [-0.1, -0.05) is 5.16 Å². The molecule has 3 aromatic rings. The van der Waals surface area contributed by atoms with Gasteiger partial charge in [0.05, 0.1) is 20.8 Å². The first-order chi connectivity index (χ1) is 11.1. The van der Waals surface area contributed by atoms with Crippen LogP contribution in [0.5, 0.6) is 6.01 Å². The van der Waals surface area contributed by atoms with Gasteiger partial charge >= 0.3 is 6.01 Å². The van der Waals surface area contributed by atoms with Gasteiger partial charge in [-0.25, -0.2) is 15.0 Å². The molecular weight excluding hydrogens is 378 g/mol. The minimum atomic E-state index is 0.196. The molecule has 8 heteroatoms. The standard InChI is InChI=1S/C15H12BrN5OS/c1-9-13(23-14(20-9)11-4-3-5-17-6-11)10(2)21-22-15-18-7-12(16)8-19-15/h3-8H,1-2H3/b21-10+. The Labute approximate surface area is 145 Å². The Morgan fingerprint density at radius 1 is 1.26 bits per heavy atom. The zero-order valence-corrected chi connectivity index (χ0v) is 14.8. The van der Waals surface area contributed by atoms with Gasteiger partial charge in [0.2, 0.25) is 0 Å². The second-order valence-corrected chi connectivity index (χ2v) is 6.54. The molecule has 0 N–H and O–H groups in total. The van der Waals surface area contributed by atoms with E-state index in [1.807, 2.05) is 26.0 Å². The Kier molecular flexibility index (Phi) is 4.73. The number of oxime groups is 1. The second-order valence-electron chi connectivity index (χ2n) is 4.63. The van der Waals surface area contributed by atoms with E-state index in [2.05, 4.69) is 41.0 Å². The minimum Gasteiger partial charge on any atom is -0.315 e. The Balaban J connectivity index is 1.82. The summed E-state index contributed by atoms with van der Waals surface area (Å²) in [5.41, 5.74) is 2.61. The van der Waals surface area contributed by atoms with Crippen molar-refractivity contribution >= 4 is 33.0 Å². The first-order valence-electron chi connectivity index (χ1n) is 6.71. The van der Waals surface area contributed by atoms with E-state index in [0.717, 1.165) is 31.3 Å². The van der Waals surface area contributed by atoms with Gasteiger partial charge in [0.15, 0.2) is 0 Å². The SMILES string of the molecule is C/C(=N\Oc1ncc(Br)cn1)c1sc(-c2cccnc2)nc1C. The van der Waals surface area contributed by atoms with Gasteiger partial charge in [-0.15, -0.1) is 11.3 Å². The Morgan fingerprint density at radius 2 is 2.04 bits per heavy atom. The molecule has 0 saturated carbocycles. The maximum absolute atomic E-state index is 5.26. The number of hydrogen-bond donors (Lipinski definition) is 0. The molecule has 3 rings (SSSR count). The highest BCUT2D eigenvalue weighted by Crippen LogP contribution is 2.27. The largest absolute Gasteiger partial charge is 0.345 e. The maximum Gasteiger partial charge on any atom is 0.345 e. The summed E-state index contributed by atoms with van der Waals surface area (Å²) in [4.78, 5) is 22.9. The third kappa shape index (κ3) is 3.77. The normalized spacial score (nSPS) is 11.5. The van der Waals surface area contributed by atoms with Crippen molar-refractivity contribution in [2.75, 3.05) is 0 Å². The van der Waals surface area contributed by atoms with Crippen LogP contribution in [0.1, 0.15) is 17.5 Å². The first kappa shape index (κ1) is 15.7. The van der Waals surface area contributed by atoms with E-state index < -0.39 is 0 Å². The topological polar surface area (TPSA) is 73.2 Å². The Bertz CT molecular complexity index is 833. The Morgan fingerprint density at radius 3 is 2.74 bits per heavy atom. The lowest BCUT2D eigenvalue weighted by Gasteiger charge is -1.99. The van der Waals surface area contributed by atoms with Crippen LogP contribution in [0.2, 0.25) is 0 Å². The van der Waals surface area contributed by atoms with Gasteiger partial charge in [-0.2, -0.15) is 0 Å². The molecule has 0 amide bonds. The number of hydrogen-bond acceptors (Lipinski definition) is 7. The van der Waals surface area contributed by atoms with Gasteiger partial charge in [0, 0.05) is 30.4 Å². The zero-order chi connectivity index (χ0) is 16.2. The lowest BCUT2D eigenvalue weighted by molar-refractivity contribution is 0.312. The van der Waals surface area contributed by atoms with Gasteiger partial charge in [-0.05, 0) is 41.9 Å². The summed E-state index contributed by atoms with van der Waals surface area (Å²) in [6.07, 6.45) is 6.74. The summed E-state index contributed by atoms with van der Waals surface area (Å²) in [5, 5.41) is 5.00. The number of aromatic nitrogens is 4. The highest BCUT2D eigenvalue weighted by atomic mass is 79.9. The molecule has 0 atom stereocenters. The van der Waals surface area contributed by atoms with Crippen molar-refractivity contribution < 1.29 is 4.84 Å². The Hall–Kier alpha value is -2.19. The third-order valence-electron chi connectivity index (χ3n) is 2.89. The monoisotopic (exact) mass is 389 g/mol. The molecule has 0 aromatic carbocycles. The number of thiazole rings is 1. The van der Waals surface area contributed by atoms with Crippen LogP contribution < -0.4 is 4.84 Å². The second kappa shape index (κ2) is 6.93. The van der Waals surface area contributed by atoms with Crippen molar-refractivity contribution in [2.45, 2.75) is 13.8 Å². The van der Waals surface area contributed by atoms with Crippen molar-refractivity contribution in [1.29, 1.82) is 0 Å². The average molecular weight is 390 g/mol. The molecule has 3 aromatic heterocycles. The van der Waals surface area contributed by atoms with Crippen LogP contribution in [-0.4, -0.2) is 25.6 Å². The molecule has 6 nitrogen and oxygen atoms in total. The van der Waals surface area contributed by atoms with E-state index in [-0.39, 0.29) is 6.01 Å². The van der Waals surface area contributed by atoms with Crippen LogP contribution in [-0.2, 0) is 0 Å². The van der Waals surface area contributed by atoms with E-state index in [0.29, 0.717) is 0 Å². The number of rotatable bonds is 4. The number of halogens is 1. The minimum absolute atomic E-state index is 0.196. The molecule has 0 saturated heterocycles. The zero-order valence-electron chi connectivity index (χ0n) is 12.4. The quantitative estimate of drug-likeness (QED) is 0.500. The summed E-state index contributed by atoms with van der Waals surface area (Å²) in [7, 11) is 0. The van der Waals surface area contributed by atoms with Crippen LogP contribution in [0.4, 0.5) is 0 Å². The van der Waals surface area contributed by atoms with E-state index in [1.54, 1.807) is 36.1 Å². The fraction of sp³-hybridized carbons (Fsp3) is 0.133. The molecule has 0 aliphatic carbocycles. The molecular formula is C15H12BrN5OS. The molecule has 23 heavy (non-hydrogen) atoms. The predicted molar refractivity (Wildman–Crippen MR) is 92.7 cm³/mol. The van der Waals surface area contributed by atoms with E-state index >= 15 is 0 Å². The smallest absolute Gasteiger partial charge is 0.315 e. The van der Waals surface area contributed by atoms with Crippen molar-refractivity contribution in [1.82, 2.24) is 19.9 Å². The molecule has 0 aliphatic heterocycles. The molecule has 3 heterocycles. The van der Waals surface area contributed by atoms with Crippen LogP contribution in [0.25, 0.3) is 10.6 Å². The van der Waals surface area contributed by atoms with E-state index in [9.17, 15) is 0 Å². The fourth-order valence-corrected chi connectivity index (χ4v) is 3.04. The molecule has 0 aliphatic rings. The molecule has 0 fully saturated rings. The van der Waals surface area contributed by atoms with E-state index in [4.69, 9.17) is 4.84 Å². The molecule has 0 radical (unpaired) electrons. The summed E-state index contributed by atoms with van der Waals surface area (Å²) < 4.78 is 0.782. The third-order valence-corrected chi connectivity index (χ3v) is 4.62. The fourth-order valence-electron chi connectivity index (χ4n) is 1.84. The highest BCUT2D eigenvalue weighted by molar-refractivity contribution is 9.10. The predicted octanol–water partition coefficient (Wildman–Crippen LogP) is 3.87. The van der Waals surface area contributed by atoms with Crippen LogP contribution >= 0.6 is 27.3 Å². The van der Waals surface area contributed by atoms with Crippen molar-refractivity contribution in [3.05, 3.63) is 52.0 Å².